The maximum Gasteiger partial charge on any atom is 0.272 e. The van der Waals surface area contributed by atoms with Crippen molar-refractivity contribution in [1.82, 2.24) is 14.9 Å². The Morgan fingerprint density at radius 3 is 2.62 bits per heavy atom. The first-order valence-electron chi connectivity index (χ1n) is 8.51. The van der Waals surface area contributed by atoms with Crippen molar-refractivity contribution < 1.29 is 13.2 Å². The topological polar surface area (TPSA) is 92.3 Å². The van der Waals surface area contributed by atoms with Gasteiger partial charge in [-0.3, -0.25) is 4.79 Å². The van der Waals surface area contributed by atoms with E-state index in [-0.39, 0.29) is 23.5 Å². The van der Waals surface area contributed by atoms with E-state index >= 15 is 0 Å². The smallest absolute Gasteiger partial charge is 0.272 e. The number of hydrogen-bond acceptors (Lipinski definition) is 6. The van der Waals surface area contributed by atoms with E-state index in [0.29, 0.717) is 24.0 Å². The standard InChI is InChI=1S/C16H24N4O3S/c1-20(13-7-8-24(22,23)10-13)16(21)14-9-15(18-11-17-14)19-12-5-3-2-4-6-12/h9,11-13H,2-8,10H2,1H3,(H,17,18,19). The highest BCUT2D eigenvalue weighted by molar-refractivity contribution is 7.91. The summed E-state index contributed by atoms with van der Waals surface area (Å²) in [7, 11) is -1.38. The number of rotatable bonds is 4. The Hall–Kier alpha value is -1.70. The van der Waals surface area contributed by atoms with Crippen LogP contribution in [-0.2, 0) is 9.84 Å². The van der Waals surface area contributed by atoms with Crippen LogP contribution in [0.15, 0.2) is 12.4 Å². The second-order valence-electron chi connectivity index (χ2n) is 6.74. The molecule has 3 rings (SSSR count). The van der Waals surface area contributed by atoms with Gasteiger partial charge in [0.1, 0.15) is 17.8 Å². The number of nitrogens with zero attached hydrogens (tertiary/aromatic N) is 3. The Balaban J connectivity index is 1.67. The van der Waals surface area contributed by atoms with Crippen LogP contribution in [0.25, 0.3) is 0 Å². The molecule has 8 heteroatoms. The lowest BCUT2D eigenvalue weighted by Gasteiger charge is -2.24. The van der Waals surface area contributed by atoms with Crippen LogP contribution in [0.3, 0.4) is 0 Å². The number of hydrogen-bond donors (Lipinski definition) is 1. The Morgan fingerprint density at radius 2 is 1.96 bits per heavy atom. The van der Waals surface area contributed by atoms with Crippen LogP contribution in [0, 0.1) is 0 Å². The Bertz CT molecular complexity index is 701. The highest BCUT2D eigenvalue weighted by atomic mass is 32.2. The van der Waals surface area contributed by atoms with Gasteiger partial charge in [0, 0.05) is 25.2 Å². The summed E-state index contributed by atoms with van der Waals surface area (Å²) in [6.45, 7) is 0. The molecule has 1 aromatic rings. The summed E-state index contributed by atoms with van der Waals surface area (Å²) in [6, 6.07) is 1.79. The first kappa shape index (κ1) is 17.1. The highest BCUT2D eigenvalue weighted by Gasteiger charge is 2.33. The van der Waals surface area contributed by atoms with Crippen LogP contribution in [-0.4, -0.2) is 59.8 Å². The molecule has 7 nitrogen and oxygen atoms in total. The third-order valence-electron chi connectivity index (χ3n) is 4.92. The number of anilines is 1. The van der Waals surface area contributed by atoms with Crippen molar-refractivity contribution in [3.8, 4) is 0 Å². The average Bonchev–Trinajstić information content (AvgIpc) is 2.95. The first-order valence-corrected chi connectivity index (χ1v) is 10.3. The van der Waals surface area contributed by atoms with Crippen LogP contribution in [0.1, 0.15) is 49.0 Å². The molecular formula is C16H24N4O3S. The summed E-state index contributed by atoms with van der Waals surface area (Å²) in [6.07, 6.45) is 7.82. The van der Waals surface area contributed by atoms with E-state index in [1.807, 2.05) is 0 Å². The normalized spacial score (nSPS) is 23.8. The highest BCUT2D eigenvalue weighted by Crippen LogP contribution is 2.22. The van der Waals surface area contributed by atoms with Gasteiger partial charge in [-0.15, -0.1) is 0 Å². The van der Waals surface area contributed by atoms with Crippen molar-refractivity contribution >= 4 is 21.6 Å². The van der Waals surface area contributed by atoms with Gasteiger partial charge in [0.2, 0.25) is 0 Å². The summed E-state index contributed by atoms with van der Waals surface area (Å²) >= 11 is 0. The zero-order valence-electron chi connectivity index (χ0n) is 13.9. The van der Waals surface area contributed by atoms with E-state index in [4.69, 9.17) is 0 Å². The van der Waals surface area contributed by atoms with E-state index in [2.05, 4.69) is 15.3 Å². The molecule has 1 N–H and O–H groups in total. The minimum absolute atomic E-state index is 0.0352. The predicted molar refractivity (Wildman–Crippen MR) is 91.7 cm³/mol. The minimum atomic E-state index is -3.02. The molecule has 1 unspecified atom stereocenters. The van der Waals surface area contributed by atoms with E-state index in [9.17, 15) is 13.2 Å². The van der Waals surface area contributed by atoms with Crippen molar-refractivity contribution in [2.75, 3.05) is 23.9 Å². The Kier molecular flexibility index (Phi) is 5.03. The summed E-state index contributed by atoms with van der Waals surface area (Å²) in [5, 5.41) is 3.38. The van der Waals surface area contributed by atoms with Crippen LogP contribution in [0.5, 0.6) is 0 Å². The molecule has 2 fully saturated rings. The first-order chi connectivity index (χ1) is 11.4. The number of amides is 1. The van der Waals surface area contributed by atoms with E-state index < -0.39 is 9.84 Å². The molecule has 0 aromatic carbocycles. The van der Waals surface area contributed by atoms with Gasteiger partial charge in [0.15, 0.2) is 9.84 Å². The molecule has 0 spiro atoms. The molecule has 1 amide bonds. The van der Waals surface area contributed by atoms with E-state index in [1.165, 1.54) is 30.5 Å². The van der Waals surface area contributed by atoms with Gasteiger partial charge in [-0.2, -0.15) is 0 Å². The van der Waals surface area contributed by atoms with Crippen LogP contribution >= 0.6 is 0 Å². The second-order valence-corrected chi connectivity index (χ2v) is 8.97. The molecule has 1 aliphatic carbocycles. The SMILES string of the molecule is CN(C(=O)c1cc(NC2CCCCC2)ncn1)C1CCS(=O)(=O)C1. The van der Waals surface area contributed by atoms with Gasteiger partial charge in [0.25, 0.3) is 5.91 Å². The fraction of sp³-hybridized carbons (Fsp3) is 0.688. The monoisotopic (exact) mass is 352 g/mol. The number of sulfone groups is 1. The molecule has 132 valence electrons. The fourth-order valence-corrected chi connectivity index (χ4v) is 5.21. The fourth-order valence-electron chi connectivity index (χ4n) is 3.44. The lowest BCUT2D eigenvalue weighted by molar-refractivity contribution is 0.0741. The molecule has 2 aliphatic rings. The average molecular weight is 352 g/mol. The molecule has 1 saturated heterocycles. The quantitative estimate of drug-likeness (QED) is 0.882. The molecule has 24 heavy (non-hydrogen) atoms. The van der Waals surface area contributed by atoms with Gasteiger partial charge in [-0.1, -0.05) is 19.3 Å². The van der Waals surface area contributed by atoms with Gasteiger partial charge in [-0.25, -0.2) is 18.4 Å². The number of nitrogens with one attached hydrogen (secondary N) is 1. The van der Waals surface area contributed by atoms with Gasteiger partial charge in [0.05, 0.1) is 11.5 Å². The van der Waals surface area contributed by atoms with E-state index in [0.717, 1.165) is 12.8 Å². The van der Waals surface area contributed by atoms with Crippen molar-refractivity contribution in [3.05, 3.63) is 18.1 Å². The number of aromatic nitrogens is 2. The lowest BCUT2D eigenvalue weighted by atomic mass is 9.95. The minimum Gasteiger partial charge on any atom is -0.367 e. The number of carbonyl (C=O) groups excluding carboxylic acids is 1. The molecule has 0 bridgehead atoms. The van der Waals surface area contributed by atoms with Crippen molar-refractivity contribution in [1.29, 1.82) is 0 Å². The van der Waals surface area contributed by atoms with Crippen molar-refractivity contribution in [3.63, 3.8) is 0 Å². The second kappa shape index (κ2) is 7.04. The third kappa shape index (κ3) is 4.03. The summed E-state index contributed by atoms with van der Waals surface area (Å²) in [5.74, 6) is 0.583. The largest absolute Gasteiger partial charge is 0.367 e. The maximum atomic E-state index is 12.6. The van der Waals surface area contributed by atoms with Crippen LogP contribution in [0.2, 0.25) is 0 Å². The molecule has 1 aliphatic heterocycles. The molecule has 1 aromatic heterocycles. The van der Waals surface area contributed by atoms with Crippen molar-refractivity contribution in [2.24, 2.45) is 0 Å². The molecule has 1 atom stereocenters. The lowest BCUT2D eigenvalue weighted by Crippen LogP contribution is -2.38. The van der Waals surface area contributed by atoms with Crippen molar-refractivity contribution in [2.45, 2.75) is 50.6 Å². The summed E-state index contributed by atoms with van der Waals surface area (Å²) in [4.78, 5) is 22.4. The zero-order chi connectivity index (χ0) is 17.2. The van der Waals surface area contributed by atoms with E-state index in [1.54, 1.807) is 13.1 Å². The molecule has 1 saturated carbocycles. The third-order valence-corrected chi connectivity index (χ3v) is 6.67. The molecule has 2 heterocycles. The van der Waals surface area contributed by atoms with Gasteiger partial charge >= 0.3 is 0 Å². The predicted octanol–water partition coefficient (Wildman–Crippen LogP) is 1.48. The van der Waals surface area contributed by atoms with Gasteiger partial charge in [-0.05, 0) is 19.3 Å². The van der Waals surface area contributed by atoms with Crippen LogP contribution < -0.4 is 5.32 Å². The summed E-state index contributed by atoms with van der Waals surface area (Å²) < 4.78 is 23.2. The Morgan fingerprint density at radius 1 is 1.21 bits per heavy atom. The van der Waals surface area contributed by atoms with Gasteiger partial charge < -0.3 is 10.2 Å². The zero-order valence-corrected chi connectivity index (χ0v) is 14.8. The molecule has 0 radical (unpaired) electrons. The van der Waals surface area contributed by atoms with Crippen LogP contribution in [0.4, 0.5) is 5.82 Å². The number of carbonyl (C=O) groups is 1. The Labute approximate surface area is 142 Å². The maximum absolute atomic E-state index is 12.6. The summed E-state index contributed by atoms with van der Waals surface area (Å²) in [5.41, 5.74) is 0.301. The molecular weight excluding hydrogens is 328 g/mol.